The van der Waals surface area contributed by atoms with Crippen LogP contribution in [0.4, 0.5) is 0 Å². The largest absolute Gasteiger partial charge is 0.311 e. The lowest BCUT2D eigenvalue weighted by molar-refractivity contribution is -0.0425. The smallest absolute Gasteiger partial charge is 0.0132 e. The van der Waals surface area contributed by atoms with Gasteiger partial charge in [-0.15, -0.1) is 0 Å². The monoisotopic (exact) mass is 454 g/mol. The maximum Gasteiger partial charge on any atom is 0.0132 e. The maximum atomic E-state index is 4.24. The molecule has 0 spiro atoms. The summed E-state index contributed by atoms with van der Waals surface area (Å²) in [5.74, 6) is 5.19. The topological polar surface area (TPSA) is 15.3 Å². The lowest BCUT2D eigenvalue weighted by Gasteiger charge is -2.54. The van der Waals surface area contributed by atoms with Gasteiger partial charge in [0.1, 0.15) is 0 Å². The van der Waals surface area contributed by atoms with Gasteiger partial charge in [-0.3, -0.25) is 4.90 Å². The van der Waals surface area contributed by atoms with E-state index in [2.05, 4.69) is 17.1 Å². The third-order valence-electron chi connectivity index (χ3n) is 11.9. The third kappa shape index (κ3) is 4.71. The van der Waals surface area contributed by atoms with Crippen LogP contribution in [-0.2, 0) is 0 Å². The fraction of sp³-hybridized carbons (Fsp3) is 1.00. The van der Waals surface area contributed by atoms with Gasteiger partial charge in [-0.1, -0.05) is 64.7 Å². The van der Waals surface area contributed by atoms with Crippen LogP contribution in [0.15, 0.2) is 0 Å². The number of fused-ring (bicyclic) bond motifs is 4. The van der Waals surface area contributed by atoms with E-state index in [1.807, 2.05) is 0 Å². The Morgan fingerprint density at radius 1 is 0.606 bits per heavy atom. The summed E-state index contributed by atoms with van der Waals surface area (Å²) in [5.41, 5.74) is 0. The third-order valence-corrected chi connectivity index (χ3v) is 11.9. The van der Waals surface area contributed by atoms with Crippen molar-refractivity contribution in [3.05, 3.63) is 0 Å². The van der Waals surface area contributed by atoms with Gasteiger partial charge in [0.25, 0.3) is 0 Å². The van der Waals surface area contributed by atoms with Crippen molar-refractivity contribution in [2.24, 2.45) is 29.6 Å². The van der Waals surface area contributed by atoms with E-state index >= 15 is 0 Å². The summed E-state index contributed by atoms with van der Waals surface area (Å²) in [6, 6.07) is 4.46. The van der Waals surface area contributed by atoms with Gasteiger partial charge in [-0.25, -0.2) is 0 Å². The van der Waals surface area contributed by atoms with Crippen molar-refractivity contribution in [2.45, 2.75) is 166 Å². The second-order valence-corrected chi connectivity index (χ2v) is 13.6. The molecule has 1 N–H and O–H groups in total. The lowest BCUT2D eigenvalue weighted by Crippen LogP contribution is -2.58. The zero-order chi connectivity index (χ0) is 22.2. The highest BCUT2D eigenvalue weighted by molar-refractivity contribution is 5.05. The molecular weight excluding hydrogens is 400 g/mol. The normalized spacial score (nSPS) is 48.2. The van der Waals surface area contributed by atoms with Gasteiger partial charge in [0.2, 0.25) is 0 Å². The minimum Gasteiger partial charge on any atom is -0.311 e. The summed E-state index contributed by atoms with van der Waals surface area (Å²) >= 11 is 0. The Kier molecular flexibility index (Phi) is 7.42. The molecule has 5 aliphatic carbocycles. The SMILES string of the molecule is CCCC1CCC(N(C2CCC3C(C2)NC2CCCCC23)C2CCCC3CCCCC32)CC1. The first kappa shape index (κ1) is 23.3. The Labute approximate surface area is 205 Å². The Bertz CT molecular complexity index is 622. The fourth-order valence-electron chi connectivity index (χ4n) is 10.6. The summed E-state index contributed by atoms with van der Waals surface area (Å²) in [6.45, 7) is 2.40. The van der Waals surface area contributed by atoms with Crippen molar-refractivity contribution >= 4 is 0 Å². The van der Waals surface area contributed by atoms with Crippen LogP contribution >= 0.6 is 0 Å². The highest BCUT2D eigenvalue weighted by Crippen LogP contribution is 2.49. The average Bonchev–Trinajstić information content (AvgIpc) is 3.23. The molecule has 188 valence electrons. The van der Waals surface area contributed by atoms with Crippen molar-refractivity contribution in [1.82, 2.24) is 10.2 Å². The number of hydrogen-bond acceptors (Lipinski definition) is 2. The van der Waals surface area contributed by atoms with Crippen LogP contribution in [-0.4, -0.2) is 35.1 Å². The summed E-state index contributed by atoms with van der Waals surface area (Å²) < 4.78 is 0. The van der Waals surface area contributed by atoms with E-state index in [0.29, 0.717) is 0 Å². The van der Waals surface area contributed by atoms with Crippen LogP contribution in [0.5, 0.6) is 0 Å². The van der Waals surface area contributed by atoms with Crippen LogP contribution in [0.25, 0.3) is 0 Å². The molecule has 2 nitrogen and oxygen atoms in total. The summed E-state index contributed by atoms with van der Waals surface area (Å²) in [5, 5.41) is 4.24. The average molecular weight is 455 g/mol. The Hall–Kier alpha value is -0.0800. The molecule has 6 fully saturated rings. The molecule has 6 aliphatic rings. The van der Waals surface area contributed by atoms with Crippen LogP contribution in [0.1, 0.15) is 135 Å². The summed E-state index contributed by atoms with van der Waals surface area (Å²) in [7, 11) is 0. The molecule has 0 bridgehead atoms. The van der Waals surface area contributed by atoms with Crippen LogP contribution < -0.4 is 5.32 Å². The first-order chi connectivity index (χ1) is 16.3. The van der Waals surface area contributed by atoms with Crippen molar-refractivity contribution in [2.75, 3.05) is 0 Å². The quantitative estimate of drug-likeness (QED) is 0.457. The van der Waals surface area contributed by atoms with Crippen molar-refractivity contribution in [3.63, 3.8) is 0 Å². The molecule has 8 atom stereocenters. The number of hydrogen-bond donors (Lipinski definition) is 1. The molecule has 0 radical (unpaired) electrons. The highest BCUT2D eigenvalue weighted by Gasteiger charge is 2.49. The van der Waals surface area contributed by atoms with Gasteiger partial charge < -0.3 is 5.32 Å². The maximum absolute atomic E-state index is 4.24. The highest BCUT2D eigenvalue weighted by atomic mass is 15.2. The Balaban J connectivity index is 1.20. The predicted octanol–water partition coefficient (Wildman–Crippen LogP) is 7.71. The van der Waals surface area contributed by atoms with Gasteiger partial charge in [-0.2, -0.15) is 0 Å². The standard InChI is InChI=1S/C31H54N2/c1-2-8-22-15-17-24(18-16-22)33(31-14-7-10-23-9-3-4-11-26(23)31)25-19-20-28-27-12-5-6-13-29(27)32-30(28)21-25/h22-32H,2-21H2,1H3. The number of rotatable bonds is 5. The molecule has 0 aromatic rings. The van der Waals surface area contributed by atoms with Gasteiger partial charge in [0.15, 0.2) is 0 Å². The van der Waals surface area contributed by atoms with E-state index in [-0.39, 0.29) is 0 Å². The number of nitrogens with zero attached hydrogens (tertiary/aromatic N) is 1. The fourth-order valence-corrected chi connectivity index (χ4v) is 10.6. The van der Waals surface area contributed by atoms with E-state index in [1.165, 1.54) is 109 Å². The van der Waals surface area contributed by atoms with Gasteiger partial charge in [-0.05, 0) is 100 Å². The predicted molar refractivity (Wildman–Crippen MR) is 139 cm³/mol. The molecule has 2 heteroatoms. The van der Waals surface area contributed by atoms with Crippen molar-refractivity contribution < 1.29 is 0 Å². The van der Waals surface area contributed by atoms with E-state index in [4.69, 9.17) is 0 Å². The van der Waals surface area contributed by atoms with E-state index in [9.17, 15) is 0 Å². The molecule has 33 heavy (non-hydrogen) atoms. The molecule has 8 unspecified atom stereocenters. The van der Waals surface area contributed by atoms with Gasteiger partial charge >= 0.3 is 0 Å². The van der Waals surface area contributed by atoms with E-state index in [1.54, 1.807) is 19.3 Å². The Morgan fingerprint density at radius 3 is 2.15 bits per heavy atom. The van der Waals surface area contributed by atoms with E-state index < -0.39 is 0 Å². The summed E-state index contributed by atoms with van der Waals surface area (Å²) in [4.78, 5) is 3.30. The molecule has 6 rings (SSSR count). The molecule has 1 saturated heterocycles. The zero-order valence-electron chi connectivity index (χ0n) is 21.9. The van der Waals surface area contributed by atoms with Crippen LogP contribution in [0, 0.1) is 29.6 Å². The first-order valence-electron chi connectivity index (χ1n) is 15.8. The van der Waals surface area contributed by atoms with Crippen molar-refractivity contribution in [3.8, 4) is 0 Å². The molecule has 5 saturated carbocycles. The summed E-state index contributed by atoms with van der Waals surface area (Å²) in [6.07, 6.45) is 30.3. The first-order valence-corrected chi connectivity index (χ1v) is 15.8. The second-order valence-electron chi connectivity index (χ2n) is 13.6. The number of nitrogens with one attached hydrogen (secondary N) is 1. The second kappa shape index (κ2) is 10.5. The Morgan fingerprint density at radius 2 is 1.30 bits per heavy atom. The van der Waals surface area contributed by atoms with Gasteiger partial charge in [0.05, 0.1) is 0 Å². The molecule has 0 aromatic heterocycles. The van der Waals surface area contributed by atoms with Crippen LogP contribution in [0.3, 0.4) is 0 Å². The minimum absolute atomic E-state index is 0.849. The molecule has 0 aromatic carbocycles. The van der Waals surface area contributed by atoms with Crippen molar-refractivity contribution in [1.29, 1.82) is 0 Å². The molecule has 0 amide bonds. The minimum atomic E-state index is 0.849. The zero-order valence-corrected chi connectivity index (χ0v) is 21.9. The van der Waals surface area contributed by atoms with Crippen LogP contribution in [0.2, 0.25) is 0 Å². The molecule has 1 heterocycles. The molecule has 1 aliphatic heterocycles. The lowest BCUT2D eigenvalue weighted by atomic mass is 9.66. The van der Waals surface area contributed by atoms with Gasteiger partial charge in [0, 0.05) is 30.2 Å². The van der Waals surface area contributed by atoms with E-state index in [0.717, 1.165) is 59.8 Å². The molecular formula is C31H54N2.